The van der Waals surface area contributed by atoms with Crippen molar-refractivity contribution in [3.05, 3.63) is 72.1 Å². The number of rotatable bonds is 8. The molecule has 5 rings (SSSR count). The van der Waals surface area contributed by atoms with Crippen molar-refractivity contribution in [2.75, 3.05) is 16.6 Å². The van der Waals surface area contributed by atoms with Gasteiger partial charge in [-0.05, 0) is 55.5 Å². The summed E-state index contributed by atoms with van der Waals surface area (Å²) in [7, 11) is -4.51. The van der Waals surface area contributed by atoms with Gasteiger partial charge in [-0.25, -0.2) is 27.2 Å². The second kappa shape index (κ2) is 10.5. The molecule has 198 valence electrons. The van der Waals surface area contributed by atoms with Crippen LogP contribution in [-0.2, 0) is 23.0 Å². The van der Waals surface area contributed by atoms with E-state index in [0.717, 1.165) is 61.8 Å². The van der Waals surface area contributed by atoms with Gasteiger partial charge in [0.25, 0.3) is 10.0 Å². The molecule has 38 heavy (non-hydrogen) atoms. The lowest BCUT2D eigenvalue weighted by Gasteiger charge is -2.15. The van der Waals surface area contributed by atoms with E-state index in [0.29, 0.717) is 28.8 Å². The Hall–Kier alpha value is -3.86. The van der Waals surface area contributed by atoms with Gasteiger partial charge in [-0.2, -0.15) is 5.10 Å². The summed E-state index contributed by atoms with van der Waals surface area (Å²) in [6, 6.07) is 11.4. The van der Waals surface area contributed by atoms with Gasteiger partial charge < -0.3 is 5.32 Å². The standard InChI is InChI=1S/C27H28F2N6O2S/c1-17(2)16-31-27-30-13-12-22(32-27)24-23-11-3-4-14-35(23)33-25(24)18-7-5-8-19(15-18)34-38(36,37)26-20(28)9-6-10-21(26)29/h5-10,12-13,15,17,34H,3-4,11,14,16H2,1-2H3,(H,30,31,32). The van der Waals surface area contributed by atoms with Crippen LogP contribution in [0.5, 0.6) is 0 Å². The Labute approximate surface area is 220 Å². The van der Waals surface area contributed by atoms with Gasteiger partial charge in [0.05, 0.1) is 5.69 Å². The van der Waals surface area contributed by atoms with E-state index < -0.39 is 26.6 Å². The smallest absolute Gasteiger partial charge is 0.267 e. The molecular weight excluding hydrogens is 510 g/mol. The van der Waals surface area contributed by atoms with Crippen LogP contribution in [0.1, 0.15) is 32.4 Å². The second-order valence-corrected chi connectivity index (χ2v) is 11.2. The van der Waals surface area contributed by atoms with Gasteiger partial charge in [0.2, 0.25) is 5.95 Å². The normalized spacial score (nSPS) is 13.4. The number of anilines is 2. The van der Waals surface area contributed by atoms with Crippen LogP contribution in [0.3, 0.4) is 0 Å². The van der Waals surface area contributed by atoms with Gasteiger partial charge >= 0.3 is 0 Å². The highest BCUT2D eigenvalue weighted by molar-refractivity contribution is 7.92. The number of nitrogens with zero attached hydrogens (tertiary/aromatic N) is 4. The third-order valence-electron chi connectivity index (χ3n) is 6.25. The van der Waals surface area contributed by atoms with Crippen LogP contribution >= 0.6 is 0 Å². The van der Waals surface area contributed by atoms with Crippen molar-refractivity contribution in [2.24, 2.45) is 5.92 Å². The molecule has 11 heteroatoms. The molecule has 2 N–H and O–H groups in total. The van der Waals surface area contributed by atoms with Crippen LogP contribution in [0.2, 0.25) is 0 Å². The van der Waals surface area contributed by atoms with Crippen molar-refractivity contribution >= 4 is 21.7 Å². The predicted octanol–water partition coefficient (Wildman–Crippen LogP) is 5.49. The van der Waals surface area contributed by atoms with Crippen LogP contribution in [0.25, 0.3) is 22.5 Å². The Bertz CT molecular complexity index is 1570. The predicted molar refractivity (Wildman–Crippen MR) is 142 cm³/mol. The fourth-order valence-corrected chi connectivity index (χ4v) is 5.70. The zero-order chi connectivity index (χ0) is 26.9. The van der Waals surface area contributed by atoms with Crippen molar-refractivity contribution in [2.45, 2.75) is 44.6 Å². The van der Waals surface area contributed by atoms with Gasteiger partial charge in [-0.3, -0.25) is 9.40 Å². The van der Waals surface area contributed by atoms with Crippen molar-refractivity contribution in [3.8, 4) is 22.5 Å². The third kappa shape index (κ3) is 5.24. The Kier molecular flexibility index (Phi) is 7.11. The molecule has 0 unspecified atom stereocenters. The lowest BCUT2D eigenvalue weighted by Crippen LogP contribution is -2.16. The number of nitrogens with one attached hydrogen (secondary N) is 2. The summed E-state index contributed by atoms with van der Waals surface area (Å²) < 4.78 is 58.4. The number of aromatic nitrogens is 4. The minimum absolute atomic E-state index is 0.157. The van der Waals surface area contributed by atoms with Crippen molar-refractivity contribution < 1.29 is 17.2 Å². The molecule has 8 nitrogen and oxygen atoms in total. The molecule has 1 aliphatic rings. The summed E-state index contributed by atoms with van der Waals surface area (Å²) in [5, 5.41) is 8.12. The molecular formula is C27H28F2N6O2S. The number of aryl methyl sites for hydroxylation is 1. The van der Waals surface area contributed by atoms with E-state index in [-0.39, 0.29) is 5.69 Å². The number of hydrogen-bond donors (Lipinski definition) is 2. The first-order chi connectivity index (χ1) is 18.2. The highest BCUT2D eigenvalue weighted by Crippen LogP contribution is 2.37. The fraction of sp³-hybridized carbons (Fsp3) is 0.296. The summed E-state index contributed by atoms with van der Waals surface area (Å²) in [6.45, 7) is 5.70. The van der Waals surface area contributed by atoms with Gasteiger partial charge in [0.15, 0.2) is 4.90 Å². The number of fused-ring (bicyclic) bond motifs is 1. The molecule has 0 fully saturated rings. The van der Waals surface area contributed by atoms with Gasteiger partial charge in [0, 0.05) is 41.8 Å². The zero-order valence-corrected chi connectivity index (χ0v) is 21.9. The van der Waals surface area contributed by atoms with E-state index in [9.17, 15) is 17.2 Å². The lowest BCUT2D eigenvalue weighted by atomic mass is 9.99. The van der Waals surface area contributed by atoms with E-state index in [1.54, 1.807) is 18.3 Å². The first kappa shape index (κ1) is 25.8. The number of hydrogen-bond acceptors (Lipinski definition) is 6. The molecule has 0 saturated heterocycles. The topological polar surface area (TPSA) is 102 Å². The average molecular weight is 539 g/mol. The quantitative estimate of drug-likeness (QED) is 0.308. The molecule has 1 aliphatic heterocycles. The minimum atomic E-state index is -4.51. The van der Waals surface area contributed by atoms with Crippen LogP contribution in [0.15, 0.2) is 59.6 Å². The zero-order valence-electron chi connectivity index (χ0n) is 21.1. The Morgan fingerprint density at radius 2 is 1.82 bits per heavy atom. The highest BCUT2D eigenvalue weighted by atomic mass is 32.2. The average Bonchev–Trinajstić information content (AvgIpc) is 3.27. The summed E-state index contributed by atoms with van der Waals surface area (Å²) in [6.07, 6.45) is 4.57. The molecule has 0 radical (unpaired) electrons. The SMILES string of the molecule is CC(C)CNc1nccc(-c2c(-c3cccc(NS(=O)(=O)c4c(F)cccc4F)c3)nn3c2CCCC3)n1. The van der Waals surface area contributed by atoms with Crippen LogP contribution in [0.4, 0.5) is 20.4 Å². The summed E-state index contributed by atoms with van der Waals surface area (Å²) in [5.41, 5.74) is 4.08. The van der Waals surface area contributed by atoms with E-state index in [4.69, 9.17) is 10.1 Å². The largest absolute Gasteiger partial charge is 0.354 e. The molecule has 2 aromatic heterocycles. The Morgan fingerprint density at radius 1 is 1.05 bits per heavy atom. The molecule has 0 bridgehead atoms. The monoisotopic (exact) mass is 538 g/mol. The summed E-state index contributed by atoms with van der Waals surface area (Å²) in [4.78, 5) is 8.08. The van der Waals surface area contributed by atoms with Gasteiger partial charge in [-0.1, -0.05) is 32.0 Å². The Morgan fingerprint density at radius 3 is 2.58 bits per heavy atom. The molecule has 0 aliphatic carbocycles. The minimum Gasteiger partial charge on any atom is -0.354 e. The van der Waals surface area contributed by atoms with Crippen molar-refractivity contribution in [1.82, 2.24) is 19.7 Å². The van der Waals surface area contributed by atoms with Crippen LogP contribution < -0.4 is 10.0 Å². The van der Waals surface area contributed by atoms with E-state index >= 15 is 0 Å². The number of halogens is 2. The Balaban J connectivity index is 1.55. The summed E-state index contributed by atoms with van der Waals surface area (Å²) >= 11 is 0. The van der Waals surface area contributed by atoms with Gasteiger partial charge in [0.1, 0.15) is 17.3 Å². The maximum atomic E-state index is 14.2. The number of sulfonamides is 1. The van der Waals surface area contributed by atoms with Crippen molar-refractivity contribution in [3.63, 3.8) is 0 Å². The molecule has 3 heterocycles. The van der Waals surface area contributed by atoms with Crippen LogP contribution in [-0.4, -0.2) is 34.7 Å². The molecule has 0 atom stereocenters. The molecule has 0 saturated carbocycles. The molecule has 0 spiro atoms. The molecule has 4 aromatic rings. The van der Waals surface area contributed by atoms with Crippen molar-refractivity contribution in [1.29, 1.82) is 0 Å². The first-order valence-corrected chi connectivity index (χ1v) is 14.0. The van der Waals surface area contributed by atoms with Gasteiger partial charge in [-0.15, -0.1) is 0 Å². The lowest BCUT2D eigenvalue weighted by molar-refractivity contribution is 0.487. The third-order valence-corrected chi connectivity index (χ3v) is 7.68. The van der Waals surface area contributed by atoms with E-state index in [1.165, 1.54) is 6.07 Å². The number of benzene rings is 2. The van der Waals surface area contributed by atoms with E-state index in [1.807, 2.05) is 16.8 Å². The highest BCUT2D eigenvalue weighted by Gasteiger charge is 2.26. The first-order valence-electron chi connectivity index (χ1n) is 12.5. The molecule has 0 amide bonds. The summed E-state index contributed by atoms with van der Waals surface area (Å²) in [5.74, 6) is -1.39. The van der Waals surface area contributed by atoms with E-state index in [2.05, 4.69) is 28.9 Å². The fourth-order valence-electron chi connectivity index (χ4n) is 4.51. The maximum Gasteiger partial charge on any atom is 0.267 e. The second-order valence-electron chi connectivity index (χ2n) is 9.63. The van der Waals surface area contributed by atoms with Crippen LogP contribution in [0, 0.1) is 17.6 Å². The molecule has 2 aromatic carbocycles. The maximum absolute atomic E-state index is 14.2.